The molecule has 0 aromatic carbocycles. The highest BCUT2D eigenvalue weighted by Crippen LogP contribution is 2.25. The summed E-state index contributed by atoms with van der Waals surface area (Å²) in [6, 6.07) is 3.44. The number of imide groups is 1. The normalized spacial score (nSPS) is 14.8. The molecule has 1 heterocycles. The van der Waals surface area contributed by atoms with Crippen molar-refractivity contribution in [3.63, 3.8) is 0 Å². The molecule has 1 aliphatic rings. The molecule has 1 aliphatic carbocycles. The van der Waals surface area contributed by atoms with E-state index in [1.54, 1.807) is 6.07 Å². The van der Waals surface area contributed by atoms with Gasteiger partial charge in [-0.15, -0.1) is 0 Å². The lowest BCUT2D eigenvalue weighted by atomic mass is 10.4. The molecule has 1 aromatic heterocycles. The molecular formula is C12H16N2O4. The number of carbonyl (C=O) groups is 2. The minimum atomic E-state index is -0.537. The fraction of sp³-hybridized carbons (Fsp3) is 0.500. The molecule has 0 spiro atoms. The lowest BCUT2D eigenvalue weighted by molar-refractivity contribution is -0.121. The molecule has 6 nitrogen and oxygen atoms in total. The standard InChI is InChI=1S/C12H16N2O4/c15-6-5-14(9-3-4-9)8-11(16)13-12(17)10-2-1-7-18-10/h1-2,7,9,15H,3-6,8H2,(H,13,16,17). The summed E-state index contributed by atoms with van der Waals surface area (Å²) in [7, 11) is 0. The molecule has 1 saturated carbocycles. The van der Waals surface area contributed by atoms with Gasteiger partial charge >= 0.3 is 0 Å². The first kappa shape index (κ1) is 12.8. The van der Waals surface area contributed by atoms with Gasteiger partial charge in [-0.1, -0.05) is 0 Å². The number of rotatable bonds is 6. The Morgan fingerprint density at radius 1 is 1.50 bits per heavy atom. The van der Waals surface area contributed by atoms with Gasteiger partial charge in [0.25, 0.3) is 5.91 Å². The Morgan fingerprint density at radius 2 is 2.28 bits per heavy atom. The van der Waals surface area contributed by atoms with Gasteiger partial charge in [0, 0.05) is 12.6 Å². The maximum Gasteiger partial charge on any atom is 0.293 e. The molecular weight excluding hydrogens is 236 g/mol. The quantitative estimate of drug-likeness (QED) is 0.744. The van der Waals surface area contributed by atoms with Crippen LogP contribution in [0.15, 0.2) is 22.8 Å². The molecule has 2 N–H and O–H groups in total. The zero-order valence-electron chi connectivity index (χ0n) is 9.96. The highest BCUT2D eigenvalue weighted by molar-refractivity contribution is 6.03. The van der Waals surface area contributed by atoms with Gasteiger partial charge in [-0.3, -0.25) is 19.8 Å². The predicted octanol–water partition coefficient (Wildman–Crippen LogP) is -0.00730. The average Bonchev–Trinajstić information content (AvgIpc) is 3.03. The van der Waals surface area contributed by atoms with Crippen LogP contribution in [0.5, 0.6) is 0 Å². The fourth-order valence-electron chi connectivity index (χ4n) is 1.78. The lowest BCUT2D eigenvalue weighted by Crippen LogP contribution is -2.41. The maximum atomic E-state index is 11.7. The van der Waals surface area contributed by atoms with Gasteiger partial charge in [-0.2, -0.15) is 0 Å². The molecule has 2 rings (SSSR count). The molecule has 1 fully saturated rings. The van der Waals surface area contributed by atoms with E-state index in [0.29, 0.717) is 12.6 Å². The van der Waals surface area contributed by atoms with Crippen LogP contribution in [0.25, 0.3) is 0 Å². The van der Waals surface area contributed by atoms with Crippen LogP contribution in [-0.4, -0.2) is 47.6 Å². The summed E-state index contributed by atoms with van der Waals surface area (Å²) in [5, 5.41) is 11.2. The summed E-state index contributed by atoms with van der Waals surface area (Å²) in [4.78, 5) is 25.1. The van der Waals surface area contributed by atoms with E-state index in [1.165, 1.54) is 12.3 Å². The van der Waals surface area contributed by atoms with Crippen LogP contribution < -0.4 is 5.32 Å². The van der Waals surface area contributed by atoms with E-state index in [0.717, 1.165) is 12.8 Å². The van der Waals surface area contributed by atoms with Crippen molar-refractivity contribution >= 4 is 11.8 Å². The van der Waals surface area contributed by atoms with Crippen molar-refractivity contribution in [3.8, 4) is 0 Å². The van der Waals surface area contributed by atoms with Crippen molar-refractivity contribution in [2.24, 2.45) is 0 Å². The maximum absolute atomic E-state index is 11.7. The Morgan fingerprint density at radius 3 is 2.83 bits per heavy atom. The molecule has 0 saturated heterocycles. The van der Waals surface area contributed by atoms with Gasteiger partial charge in [0.2, 0.25) is 5.91 Å². The van der Waals surface area contributed by atoms with Crippen molar-refractivity contribution < 1.29 is 19.1 Å². The molecule has 0 bridgehead atoms. The summed E-state index contributed by atoms with van der Waals surface area (Å²) < 4.78 is 4.89. The second kappa shape index (κ2) is 5.79. The summed E-state index contributed by atoms with van der Waals surface area (Å²) in [6.45, 7) is 0.584. The Labute approximate surface area is 105 Å². The van der Waals surface area contributed by atoms with Gasteiger partial charge in [-0.05, 0) is 25.0 Å². The van der Waals surface area contributed by atoms with Crippen LogP contribution in [0.2, 0.25) is 0 Å². The third-order valence-electron chi connectivity index (χ3n) is 2.80. The van der Waals surface area contributed by atoms with Crippen LogP contribution in [0.4, 0.5) is 0 Å². The number of aliphatic hydroxyl groups is 1. The van der Waals surface area contributed by atoms with E-state index in [1.807, 2.05) is 4.90 Å². The number of furan rings is 1. The topological polar surface area (TPSA) is 82.8 Å². The summed E-state index contributed by atoms with van der Waals surface area (Å²) in [6.07, 6.45) is 3.46. The predicted molar refractivity (Wildman–Crippen MR) is 62.9 cm³/mol. The second-order valence-corrected chi connectivity index (χ2v) is 4.28. The first-order valence-corrected chi connectivity index (χ1v) is 5.93. The summed E-state index contributed by atoms with van der Waals surface area (Å²) >= 11 is 0. The molecule has 0 atom stereocenters. The van der Waals surface area contributed by atoms with E-state index < -0.39 is 5.91 Å². The van der Waals surface area contributed by atoms with Gasteiger partial charge in [0.05, 0.1) is 19.4 Å². The number of hydrogen-bond acceptors (Lipinski definition) is 5. The first-order chi connectivity index (χ1) is 8.70. The van der Waals surface area contributed by atoms with Crippen LogP contribution >= 0.6 is 0 Å². The van der Waals surface area contributed by atoms with E-state index in [2.05, 4.69) is 5.32 Å². The van der Waals surface area contributed by atoms with Crippen molar-refractivity contribution in [1.82, 2.24) is 10.2 Å². The van der Waals surface area contributed by atoms with Gasteiger partial charge < -0.3 is 9.52 Å². The Balaban J connectivity index is 1.82. The van der Waals surface area contributed by atoms with E-state index in [9.17, 15) is 9.59 Å². The smallest absolute Gasteiger partial charge is 0.293 e. The molecule has 0 radical (unpaired) electrons. The summed E-state index contributed by atoms with van der Waals surface area (Å²) in [5.41, 5.74) is 0. The van der Waals surface area contributed by atoms with Crippen molar-refractivity contribution in [3.05, 3.63) is 24.2 Å². The first-order valence-electron chi connectivity index (χ1n) is 5.93. The highest BCUT2D eigenvalue weighted by Gasteiger charge is 2.30. The minimum Gasteiger partial charge on any atom is -0.459 e. The van der Waals surface area contributed by atoms with Crippen molar-refractivity contribution in [2.45, 2.75) is 18.9 Å². The highest BCUT2D eigenvalue weighted by atomic mass is 16.3. The van der Waals surface area contributed by atoms with Crippen LogP contribution in [-0.2, 0) is 4.79 Å². The molecule has 6 heteroatoms. The Kier molecular flexibility index (Phi) is 4.11. The monoisotopic (exact) mass is 252 g/mol. The number of nitrogens with one attached hydrogen (secondary N) is 1. The molecule has 18 heavy (non-hydrogen) atoms. The van der Waals surface area contributed by atoms with Gasteiger partial charge in [-0.25, -0.2) is 0 Å². The van der Waals surface area contributed by atoms with E-state index >= 15 is 0 Å². The van der Waals surface area contributed by atoms with Gasteiger partial charge in [0.15, 0.2) is 5.76 Å². The van der Waals surface area contributed by atoms with Crippen molar-refractivity contribution in [2.75, 3.05) is 19.7 Å². The molecule has 0 aliphatic heterocycles. The van der Waals surface area contributed by atoms with Crippen molar-refractivity contribution in [1.29, 1.82) is 0 Å². The number of hydrogen-bond donors (Lipinski definition) is 2. The van der Waals surface area contributed by atoms with Crippen LogP contribution in [0.3, 0.4) is 0 Å². The zero-order chi connectivity index (χ0) is 13.0. The molecule has 2 amide bonds. The van der Waals surface area contributed by atoms with Gasteiger partial charge in [0.1, 0.15) is 0 Å². The molecule has 0 unspecified atom stereocenters. The Hall–Kier alpha value is -1.66. The van der Waals surface area contributed by atoms with E-state index in [4.69, 9.17) is 9.52 Å². The zero-order valence-corrected chi connectivity index (χ0v) is 9.96. The SMILES string of the molecule is O=C(CN(CCO)C1CC1)NC(=O)c1ccco1. The third-order valence-corrected chi connectivity index (χ3v) is 2.80. The number of carbonyl (C=O) groups excluding carboxylic acids is 2. The number of aliphatic hydroxyl groups excluding tert-OH is 1. The minimum absolute atomic E-state index is 0.00983. The second-order valence-electron chi connectivity index (χ2n) is 4.28. The summed E-state index contributed by atoms with van der Waals surface area (Å²) in [5.74, 6) is -0.801. The molecule has 98 valence electrons. The van der Waals surface area contributed by atoms with Crippen LogP contribution in [0.1, 0.15) is 23.4 Å². The average molecular weight is 252 g/mol. The molecule has 1 aromatic rings. The number of amides is 2. The third kappa shape index (κ3) is 3.41. The van der Waals surface area contributed by atoms with E-state index in [-0.39, 0.29) is 24.8 Å². The lowest BCUT2D eigenvalue weighted by Gasteiger charge is -2.19. The Bertz CT molecular complexity index is 412. The fourth-order valence-corrected chi connectivity index (χ4v) is 1.78. The largest absolute Gasteiger partial charge is 0.459 e. The number of nitrogens with zero attached hydrogens (tertiary/aromatic N) is 1. The van der Waals surface area contributed by atoms with Crippen LogP contribution in [0, 0.1) is 0 Å².